The molecule has 1 aromatic rings. The molecule has 20 heavy (non-hydrogen) atoms. The summed E-state index contributed by atoms with van der Waals surface area (Å²) in [5.41, 5.74) is 5.60. The van der Waals surface area contributed by atoms with Gasteiger partial charge in [-0.25, -0.2) is 0 Å². The third kappa shape index (κ3) is 3.73. The van der Waals surface area contributed by atoms with Crippen molar-refractivity contribution in [1.29, 1.82) is 0 Å². The lowest BCUT2D eigenvalue weighted by Crippen LogP contribution is -2.54. The monoisotopic (exact) mass is 340 g/mol. The number of benzene rings is 1. The van der Waals surface area contributed by atoms with E-state index in [0.29, 0.717) is 12.3 Å². The zero-order valence-electron chi connectivity index (χ0n) is 11.7. The minimum Gasteiger partial charge on any atom is -0.481 e. The van der Waals surface area contributed by atoms with E-state index in [-0.39, 0.29) is 11.4 Å². The van der Waals surface area contributed by atoms with Gasteiger partial charge in [-0.3, -0.25) is 4.79 Å². The highest BCUT2D eigenvalue weighted by Gasteiger charge is 2.35. The Labute approximate surface area is 128 Å². The second kappa shape index (κ2) is 6.59. The van der Waals surface area contributed by atoms with Gasteiger partial charge in [0.25, 0.3) is 5.91 Å². The highest BCUT2D eigenvalue weighted by atomic mass is 79.9. The molecule has 0 spiro atoms. The van der Waals surface area contributed by atoms with E-state index in [1.807, 2.05) is 24.3 Å². The summed E-state index contributed by atoms with van der Waals surface area (Å²) in [5.74, 6) is 0.587. The molecule has 1 amide bonds. The molecule has 0 radical (unpaired) electrons. The van der Waals surface area contributed by atoms with Crippen molar-refractivity contribution in [2.45, 2.75) is 44.2 Å². The molecule has 0 aromatic heterocycles. The molecule has 1 fully saturated rings. The summed E-state index contributed by atoms with van der Waals surface area (Å²) in [6.07, 6.45) is 3.64. The quantitative estimate of drug-likeness (QED) is 0.865. The maximum Gasteiger partial charge on any atom is 0.261 e. The van der Waals surface area contributed by atoms with Crippen LogP contribution in [-0.2, 0) is 4.79 Å². The molecule has 1 aliphatic rings. The number of ether oxygens (including phenoxy) is 1. The fraction of sp³-hybridized carbons (Fsp3) is 0.533. The van der Waals surface area contributed by atoms with Gasteiger partial charge in [0.05, 0.1) is 5.54 Å². The van der Waals surface area contributed by atoms with Crippen LogP contribution in [0.15, 0.2) is 28.7 Å². The number of hydrogen-bond donors (Lipinski definition) is 2. The van der Waals surface area contributed by atoms with Crippen molar-refractivity contribution < 1.29 is 9.53 Å². The van der Waals surface area contributed by atoms with E-state index in [2.05, 4.69) is 21.2 Å². The van der Waals surface area contributed by atoms with Crippen LogP contribution in [-0.4, -0.2) is 24.1 Å². The topological polar surface area (TPSA) is 64.3 Å². The largest absolute Gasteiger partial charge is 0.481 e. The lowest BCUT2D eigenvalue weighted by atomic mass is 9.97. The predicted octanol–water partition coefficient (Wildman–Crippen LogP) is 2.60. The van der Waals surface area contributed by atoms with Crippen molar-refractivity contribution in [1.82, 2.24) is 5.32 Å². The van der Waals surface area contributed by atoms with Crippen molar-refractivity contribution >= 4 is 21.8 Å². The van der Waals surface area contributed by atoms with E-state index >= 15 is 0 Å². The second-order valence-electron chi connectivity index (χ2n) is 5.39. The summed E-state index contributed by atoms with van der Waals surface area (Å²) in [5, 5.41) is 3.08. The van der Waals surface area contributed by atoms with Gasteiger partial charge in [-0.1, -0.05) is 28.8 Å². The molecule has 1 aliphatic carbocycles. The fourth-order valence-electron chi connectivity index (χ4n) is 2.57. The van der Waals surface area contributed by atoms with Gasteiger partial charge in [-0.2, -0.15) is 0 Å². The molecule has 0 heterocycles. The molecule has 1 aromatic carbocycles. The minimum absolute atomic E-state index is 0.0970. The summed E-state index contributed by atoms with van der Waals surface area (Å²) in [7, 11) is 0. The van der Waals surface area contributed by atoms with Gasteiger partial charge in [0, 0.05) is 11.0 Å². The summed E-state index contributed by atoms with van der Waals surface area (Å²) in [6.45, 7) is 2.25. The Hall–Kier alpha value is -1.07. The van der Waals surface area contributed by atoms with E-state index in [4.69, 9.17) is 10.5 Å². The molecule has 0 aliphatic heterocycles. The molecular weight excluding hydrogens is 320 g/mol. The van der Waals surface area contributed by atoms with Crippen molar-refractivity contribution in [3.8, 4) is 5.75 Å². The van der Waals surface area contributed by atoms with Crippen LogP contribution < -0.4 is 15.8 Å². The molecule has 2 rings (SSSR count). The zero-order valence-corrected chi connectivity index (χ0v) is 13.3. The number of nitrogens with one attached hydrogen (secondary N) is 1. The summed E-state index contributed by atoms with van der Waals surface area (Å²) in [4.78, 5) is 12.2. The molecule has 1 saturated carbocycles. The van der Waals surface area contributed by atoms with Crippen molar-refractivity contribution in [2.75, 3.05) is 6.54 Å². The number of hydrogen-bond acceptors (Lipinski definition) is 3. The highest BCUT2D eigenvalue weighted by Crippen LogP contribution is 2.28. The molecule has 3 N–H and O–H groups in total. The predicted molar refractivity (Wildman–Crippen MR) is 82.6 cm³/mol. The maximum atomic E-state index is 12.2. The van der Waals surface area contributed by atoms with Crippen LogP contribution in [0.2, 0.25) is 0 Å². The van der Waals surface area contributed by atoms with Crippen molar-refractivity contribution in [3.63, 3.8) is 0 Å². The molecule has 4 nitrogen and oxygen atoms in total. The number of carbonyl (C=O) groups is 1. The van der Waals surface area contributed by atoms with E-state index in [1.165, 1.54) is 0 Å². The summed E-state index contributed by atoms with van der Waals surface area (Å²) < 4.78 is 6.64. The summed E-state index contributed by atoms with van der Waals surface area (Å²) in [6, 6.07) is 7.45. The Kier molecular flexibility index (Phi) is 5.05. The first-order valence-corrected chi connectivity index (χ1v) is 7.78. The number of carbonyl (C=O) groups excluding carboxylic acids is 1. The standard InChI is InChI=1S/C15H21BrN2O2/c1-11(20-13-6-4-12(16)5-7-13)14(19)18-15(10-17)8-2-3-9-15/h4-7,11H,2-3,8-10,17H2,1H3,(H,18,19). The second-order valence-corrected chi connectivity index (χ2v) is 6.31. The first-order chi connectivity index (χ1) is 9.54. The van der Waals surface area contributed by atoms with Crippen LogP contribution >= 0.6 is 15.9 Å². The van der Waals surface area contributed by atoms with Crippen LogP contribution in [0.4, 0.5) is 0 Å². The van der Waals surface area contributed by atoms with E-state index in [1.54, 1.807) is 6.92 Å². The molecule has 1 unspecified atom stereocenters. The Morgan fingerprint density at radius 1 is 1.40 bits per heavy atom. The Morgan fingerprint density at radius 2 is 2.00 bits per heavy atom. The molecule has 1 atom stereocenters. The van der Waals surface area contributed by atoms with Gasteiger partial charge in [0.2, 0.25) is 0 Å². The average Bonchev–Trinajstić information content (AvgIpc) is 2.90. The number of rotatable bonds is 5. The van der Waals surface area contributed by atoms with Crippen LogP contribution in [0.3, 0.4) is 0 Å². The van der Waals surface area contributed by atoms with Gasteiger partial charge < -0.3 is 15.8 Å². The van der Waals surface area contributed by atoms with Gasteiger partial charge in [-0.05, 0) is 44.0 Å². The minimum atomic E-state index is -0.528. The Balaban J connectivity index is 1.93. The summed E-state index contributed by atoms with van der Waals surface area (Å²) >= 11 is 3.37. The SMILES string of the molecule is CC(Oc1ccc(Br)cc1)C(=O)NC1(CN)CCCC1. The Morgan fingerprint density at radius 3 is 2.55 bits per heavy atom. The van der Waals surface area contributed by atoms with Crippen LogP contribution in [0.25, 0.3) is 0 Å². The van der Waals surface area contributed by atoms with Gasteiger partial charge in [-0.15, -0.1) is 0 Å². The Bertz CT molecular complexity index is 455. The first kappa shape index (κ1) is 15.3. The third-order valence-electron chi connectivity index (χ3n) is 3.84. The van der Waals surface area contributed by atoms with Gasteiger partial charge in [0.15, 0.2) is 6.10 Å². The fourth-order valence-corrected chi connectivity index (χ4v) is 2.83. The number of halogens is 1. The molecule has 0 saturated heterocycles. The van der Waals surface area contributed by atoms with Gasteiger partial charge >= 0.3 is 0 Å². The lowest BCUT2D eigenvalue weighted by molar-refractivity contribution is -0.129. The third-order valence-corrected chi connectivity index (χ3v) is 4.36. The first-order valence-electron chi connectivity index (χ1n) is 6.99. The molecule has 5 heteroatoms. The van der Waals surface area contributed by atoms with E-state index < -0.39 is 6.10 Å². The number of amides is 1. The average molecular weight is 341 g/mol. The van der Waals surface area contributed by atoms with Crippen molar-refractivity contribution in [3.05, 3.63) is 28.7 Å². The molecule has 0 bridgehead atoms. The zero-order chi connectivity index (χ0) is 14.6. The lowest BCUT2D eigenvalue weighted by Gasteiger charge is -2.30. The smallest absolute Gasteiger partial charge is 0.261 e. The highest BCUT2D eigenvalue weighted by molar-refractivity contribution is 9.10. The number of nitrogens with two attached hydrogens (primary N) is 1. The normalized spacial score (nSPS) is 18.6. The molecular formula is C15H21BrN2O2. The van der Waals surface area contributed by atoms with Crippen LogP contribution in [0.1, 0.15) is 32.6 Å². The van der Waals surface area contributed by atoms with Crippen LogP contribution in [0, 0.1) is 0 Å². The van der Waals surface area contributed by atoms with Crippen molar-refractivity contribution in [2.24, 2.45) is 5.73 Å². The maximum absolute atomic E-state index is 12.2. The van der Waals surface area contributed by atoms with Gasteiger partial charge in [0.1, 0.15) is 5.75 Å². The van der Waals surface area contributed by atoms with E-state index in [0.717, 1.165) is 30.2 Å². The van der Waals surface area contributed by atoms with E-state index in [9.17, 15) is 4.79 Å². The molecule has 110 valence electrons. The van der Waals surface area contributed by atoms with Crippen LogP contribution in [0.5, 0.6) is 5.75 Å².